The summed E-state index contributed by atoms with van der Waals surface area (Å²) in [4.78, 5) is 11.8. The molecule has 0 saturated heterocycles. The summed E-state index contributed by atoms with van der Waals surface area (Å²) in [5, 5.41) is 0. The van der Waals surface area contributed by atoms with Crippen LogP contribution in [0.5, 0.6) is 0 Å². The van der Waals surface area contributed by atoms with Crippen molar-refractivity contribution in [1.82, 2.24) is 0 Å². The lowest BCUT2D eigenvalue weighted by Crippen LogP contribution is -2.21. The van der Waals surface area contributed by atoms with Gasteiger partial charge in [-0.1, -0.05) is 6.42 Å². The monoisotopic (exact) mass is 290 g/mol. The summed E-state index contributed by atoms with van der Waals surface area (Å²) >= 11 is 0. The Hall–Kier alpha value is -1.59. The summed E-state index contributed by atoms with van der Waals surface area (Å²) in [6.07, 6.45) is -0.660. The lowest BCUT2D eigenvalue weighted by Gasteiger charge is -2.22. The van der Waals surface area contributed by atoms with Crippen LogP contribution in [0.25, 0.3) is 0 Å². The molecule has 0 aromatic heterocycles. The van der Waals surface area contributed by atoms with E-state index in [-0.39, 0.29) is 6.10 Å². The number of carbonyl (C=O) groups is 1. The van der Waals surface area contributed by atoms with Crippen molar-refractivity contribution in [2.45, 2.75) is 44.4 Å². The van der Waals surface area contributed by atoms with Crippen LogP contribution in [0.15, 0.2) is 18.2 Å². The van der Waals surface area contributed by atoms with E-state index in [1.54, 1.807) is 0 Å². The maximum Gasteiger partial charge on any atom is 0.416 e. The number of carbonyl (C=O) groups excluding carboxylic acids is 1. The molecule has 110 valence electrons. The topological polar surface area (TPSA) is 26.3 Å². The third-order valence-corrected chi connectivity index (χ3v) is 3.29. The minimum Gasteiger partial charge on any atom is -0.459 e. The molecule has 0 aliphatic heterocycles. The Morgan fingerprint density at radius 2 is 1.75 bits per heavy atom. The number of rotatable bonds is 2. The Morgan fingerprint density at radius 3 is 2.35 bits per heavy atom. The van der Waals surface area contributed by atoms with Crippen molar-refractivity contribution in [2.75, 3.05) is 0 Å². The molecule has 0 N–H and O–H groups in total. The van der Waals surface area contributed by atoms with E-state index in [9.17, 15) is 22.4 Å². The molecule has 0 spiro atoms. The van der Waals surface area contributed by atoms with E-state index in [2.05, 4.69) is 0 Å². The first-order valence-electron chi connectivity index (χ1n) is 6.45. The van der Waals surface area contributed by atoms with Gasteiger partial charge in [0.2, 0.25) is 0 Å². The summed E-state index contributed by atoms with van der Waals surface area (Å²) < 4.78 is 56.0. The van der Waals surface area contributed by atoms with Gasteiger partial charge >= 0.3 is 12.1 Å². The minimum atomic E-state index is -4.69. The fraction of sp³-hybridized carbons (Fsp3) is 0.500. The summed E-state index contributed by atoms with van der Waals surface area (Å²) in [5.41, 5.74) is -1.59. The van der Waals surface area contributed by atoms with Crippen LogP contribution in [-0.4, -0.2) is 12.1 Å². The van der Waals surface area contributed by atoms with Gasteiger partial charge in [0.05, 0.1) is 11.1 Å². The third-order valence-electron chi connectivity index (χ3n) is 3.29. The molecule has 20 heavy (non-hydrogen) atoms. The van der Waals surface area contributed by atoms with E-state index in [1.165, 1.54) is 0 Å². The first-order valence-corrected chi connectivity index (χ1v) is 6.45. The third kappa shape index (κ3) is 3.71. The number of alkyl halides is 3. The predicted molar refractivity (Wildman–Crippen MR) is 63.7 cm³/mol. The highest BCUT2D eigenvalue weighted by Crippen LogP contribution is 2.31. The van der Waals surface area contributed by atoms with E-state index in [0.29, 0.717) is 25.0 Å². The van der Waals surface area contributed by atoms with Crippen molar-refractivity contribution in [1.29, 1.82) is 0 Å². The van der Waals surface area contributed by atoms with Gasteiger partial charge in [-0.25, -0.2) is 9.18 Å². The first-order chi connectivity index (χ1) is 9.36. The van der Waals surface area contributed by atoms with Gasteiger partial charge in [-0.3, -0.25) is 0 Å². The molecular weight excluding hydrogens is 276 g/mol. The second-order valence-corrected chi connectivity index (χ2v) is 4.89. The van der Waals surface area contributed by atoms with Gasteiger partial charge in [-0.05, 0) is 43.9 Å². The molecule has 1 aliphatic carbocycles. The van der Waals surface area contributed by atoms with Crippen LogP contribution in [-0.2, 0) is 10.9 Å². The molecule has 2 rings (SSSR count). The standard InChI is InChI=1S/C14H14F4O2/c15-11-7-9(6-10(8-11)14(16,17)18)13(19)20-12-4-2-1-3-5-12/h6-8,12H,1-5H2. The molecule has 0 heterocycles. The zero-order chi connectivity index (χ0) is 14.8. The molecule has 0 atom stereocenters. The highest BCUT2D eigenvalue weighted by Gasteiger charge is 2.32. The Kier molecular flexibility index (Phi) is 4.30. The van der Waals surface area contributed by atoms with E-state index in [1.807, 2.05) is 0 Å². The summed E-state index contributed by atoms with van der Waals surface area (Å²) in [6.45, 7) is 0. The Bertz CT molecular complexity index is 490. The van der Waals surface area contributed by atoms with Crippen LogP contribution in [0.3, 0.4) is 0 Å². The van der Waals surface area contributed by atoms with Crippen molar-refractivity contribution in [3.8, 4) is 0 Å². The molecule has 0 bridgehead atoms. The number of hydrogen-bond donors (Lipinski definition) is 0. The lowest BCUT2D eigenvalue weighted by atomic mass is 9.98. The van der Waals surface area contributed by atoms with Crippen molar-refractivity contribution >= 4 is 5.97 Å². The average Bonchev–Trinajstić information content (AvgIpc) is 2.38. The molecule has 0 unspecified atom stereocenters. The molecule has 0 amide bonds. The van der Waals surface area contributed by atoms with E-state index in [4.69, 9.17) is 4.74 Å². The Labute approximate surface area is 113 Å². The quantitative estimate of drug-likeness (QED) is 0.598. The van der Waals surface area contributed by atoms with Crippen LogP contribution < -0.4 is 0 Å². The molecule has 1 aromatic rings. The normalized spacial score (nSPS) is 17.0. The molecule has 0 radical (unpaired) electrons. The summed E-state index contributed by atoms with van der Waals surface area (Å²) in [6, 6.07) is 1.74. The average molecular weight is 290 g/mol. The van der Waals surface area contributed by atoms with Crippen molar-refractivity contribution in [3.63, 3.8) is 0 Å². The van der Waals surface area contributed by atoms with E-state index >= 15 is 0 Å². The van der Waals surface area contributed by atoms with Crippen LogP contribution in [0.4, 0.5) is 17.6 Å². The van der Waals surface area contributed by atoms with Gasteiger partial charge < -0.3 is 4.74 Å². The maximum atomic E-state index is 13.2. The molecule has 6 heteroatoms. The number of hydrogen-bond acceptors (Lipinski definition) is 2. The van der Waals surface area contributed by atoms with Gasteiger partial charge in [-0.15, -0.1) is 0 Å². The smallest absolute Gasteiger partial charge is 0.416 e. The van der Waals surface area contributed by atoms with Gasteiger partial charge in [0.25, 0.3) is 0 Å². The number of ether oxygens (including phenoxy) is 1. The molecule has 1 saturated carbocycles. The number of esters is 1. The fourth-order valence-corrected chi connectivity index (χ4v) is 2.27. The lowest BCUT2D eigenvalue weighted by molar-refractivity contribution is -0.137. The molecular formula is C14H14F4O2. The van der Waals surface area contributed by atoms with Crippen molar-refractivity contribution in [2.24, 2.45) is 0 Å². The summed E-state index contributed by atoms with van der Waals surface area (Å²) in [7, 11) is 0. The maximum absolute atomic E-state index is 13.2. The van der Waals surface area contributed by atoms with Gasteiger partial charge in [-0.2, -0.15) is 13.2 Å². The van der Waals surface area contributed by atoms with Crippen LogP contribution in [0.2, 0.25) is 0 Å². The first kappa shape index (κ1) is 14.8. The van der Waals surface area contributed by atoms with Crippen molar-refractivity contribution < 1.29 is 27.1 Å². The molecule has 1 aliphatic rings. The predicted octanol–water partition coefficient (Wildman–Crippen LogP) is 4.33. The number of benzene rings is 1. The highest BCUT2D eigenvalue weighted by molar-refractivity contribution is 5.89. The Morgan fingerprint density at radius 1 is 1.10 bits per heavy atom. The summed E-state index contributed by atoms with van der Waals surface area (Å²) in [5.74, 6) is -2.00. The Balaban J connectivity index is 2.14. The van der Waals surface area contributed by atoms with Crippen LogP contribution in [0, 0.1) is 5.82 Å². The van der Waals surface area contributed by atoms with Crippen LogP contribution in [0.1, 0.15) is 48.0 Å². The molecule has 1 fully saturated rings. The van der Waals surface area contributed by atoms with E-state index < -0.39 is 29.1 Å². The molecule has 2 nitrogen and oxygen atoms in total. The minimum absolute atomic E-state index is 0.283. The highest BCUT2D eigenvalue weighted by atomic mass is 19.4. The van der Waals surface area contributed by atoms with Gasteiger partial charge in [0.1, 0.15) is 11.9 Å². The number of halogens is 4. The second kappa shape index (κ2) is 5.81. The largest absolute Gasteiger partial charge is 0.459 e. The van der Waals surface area contributed by atoms with Crippen LogP contribution >= 0.6 is 0 Å². The second-order valence-electron chi connectivity index (χ2n) is 4.89. The zero-order valence-corrected chi connectivity index (χ0v) is 10.7. The van der Waals surface area contributed by atoms with Gasteiger partial charge in [0.15, 0.2) is 0 Å². The SMILES string of the molecule is O=C(OC1CCCCC1)c1cc(F)cc(C(F)(F)F)c1. The zero-order valence-electron chi connectivity index (χ0n) is 10.7. The van der Waals surface area contributed by atoms with Crippen molar-refractivity contribution in [3.05, 3.63) is 35.1 Å². The molecule has 1 aromatic carbocycles. The van der Waals surface area contributed by atoms with E-state index in [0.717, 1.165) is 25.3 Å². The van der Waals surface area contributed by atoms with Gasteiger partial charge in [0, 0.05) is 0 Å². The fourth-order valence-electron chi connectivity index (χ4n) is 2.27.